The van der Waals surface area contributed by atoms with E-state index >= 15 is 0 Å². The van der Waals surface area contributed by atoms with E-state index in [-0.39, 0.29) is 6.61 Å². The molecular weight excluding hydrogens is 152 g/mol. The Labute approximate surface area is 64.2 Å². The second kappa shape index (κ2) is 3.46. The van der Waals surface area contributed by atoms with Crippen LogP contribution in [0, 0.1) is 0 Å². The van der Waals surface area contributed by atoms with E-state index in [1.54, 1.807) is 0 Å². The molecule has 1 fully saturated rings. The first-order valence-electron chi connectivity index (χ1n) is 3.35. The number of methoxy groups -OCH3 is 1. The Morgan fingerprint density at radius 2 is 1.91 bits per heavy atom. The van der Waals surface area contributed by atoms with Gasteiger partial charge in [0, 0.05) is 7.11 Å². The molecule has 5 heteroatoms. The van der Waals surface area contributed by atoms with E-state index < -0.39 is 24.6 Å². The summed E-state index contributed by atoms with van der Waals surface area (Å²) in [7, 11) is 1.45. The van der Waals surface area contributed by atoms with Crippen LogP contribution in [0.5, 0.6) is 0 Å². The summed E-state index contributed by atoms with van der Waals surface area (Å²) in [4.78, 5) is 0. The zero-order valence-electron chi connectivity index (χ0n) is 6.17. The molecule has 0 unspecified atom stereocenters. The molecule has 66 valence electrons. The van der Waals surface area contributed by atoms with E-state index in [0.29, 0.717) is 0 Å². The molecule has 0 aliphatic carbocycles. The zero-order chi connectivity index (χ0) is 8.43. The van der Waals surface area contributed by atoms with Crippen molar-refractivity contribution in [3.05, 3.63) is 0 Å². The van der Waals surface area contributed by atoms with Crippen LogP contribution in [0.1, 0.15) is 0 Å². The van der Waals surface area contributed by atoms with E-state index in [9.17, 15) is 0 Å². The molecule has 0 aromatic rings. The van der Waals surface area contributed by atoms with Crippen LogP contribution in [-0.2, 0) is 9.47 Å². The van der Waals surface area contributed by atoms with Gasteiger partial charge in [0.05, 0.1) is 6.61 Å². The molecular formula is C6H12O5. The van der Waals surface area contributed by atoms with Gasteiger partial charge in [-0.3, -0.25) is 0 Å². The lowest BCUT2D eigenvalue weighted by Crippen LogP contribution is -2.34. The summed E-state index contributed by atoms with van der Waals surface area (Å²) >= 11 is 0. The van der Waals surface area contributed by atoms with Crippen LogP contribution in [0.2, 0.25) is 0 Å². The van der Waals surface area contributed by atoms with E-state index in [2.05, 4.69) is 4.74 Å². The maximum absolute atomic E-state index is 9.14. The summed E-state index contributed by atoms with van der Waals surface area (Å²) in [6.45, 7) is 0.162. The molecule has 0 aromatic carbocycles. The van der Waals surface area contributed by atoms with Gasteiger partial charge in [-0.2, -0.15) is 0 Å². The van der Waals surface area contributed by atoms with Crippen molar-refractivity contribution < 1.29 is 24.8 Å². The lowest BCUT2D eigenvalue weighted by molar-refractivity contribution is -0.134. The fraction of sp³-hybridized carbons (Fsp3) is 1.00. The minimum Gasteiger partial charge on any atom is -0.387 e. The Hall–Kier alpha value is -0.200. The molecule has 3 N–H and O–H groups in total. The van der Waals surface area contributed by atoms with E-state index in [1.807, 2.05) is 0 Å². The molecule has 0 radical (unpaired) electrons. The van der Waals surface area contributed by atoms with Crippen molar-refractivity contribution in [2.24, 2.45) is 0 Å². The highest BCUT2D eigenvalue weighted by molar-refractivity contribution is 4.85. The number of rotatable bonds is 2. The summed E-state index contributed by atoms with van der Waals surface area (Å²) in [6.07, 6.45) is -4.23. The number of aliphatic hydroxyl groups is 3. The topological polar surface area (TPSA) is 79.2 Å². The minimum absolute atomic E-state index is 0.162. The maximum atomic E-state index is 9.14. The zero-order valence-corrected chi connectivity index (χ0v) is 6.17. The van der Waals surface area contributed by atoms with Gasteiger partial charge in [-0.25, -0.2) is 0 Å². The number of ether oxygens (including phenoxy) is 2. The quantitative estimate of drug-likeness (QED) is 0.443. The highest BCUT2D eigenvalue weighted by Gasteiger charge is 2.41. The minimum atomic E-state index is -1.30. The van der Waals surface area contributed by atoms with Gasteiger partial charge in [-0.05, 0) is 0 Å². The largest absolute Gasteiger partial charge is 0.387 e. The van der Waals surface area contributed by atoms with Crippen molar-refractivity contribution in [1.29, 1.82) is 0 Å². The first kappa shape index (κ1) is 8.89. The average Bonchev–Trinajstić information content (AvgIpc) is 2.19. The standard InChI is InChI=1S/C6H12O5/c1-10-2-3-4(7)5(8)6(9)11-3/h3-9H,2H2,1H3/t3-,4-,5-,6+/m1/s1. The highest BCUT2D eigenvalue weighted by atomic mass is 16.7. The highest BCUT2D eigenvalue weighted by Crippen LogP contribution is 2.19. The van der Waals surface area contributed by atoms with Gasteiger partial charge in [0.15, 0.2) is 6.29 Å². The molecule has 1 heterocycles. The first-order valence-corrected chi connectivity index (χ1v) is 3.35. The molecule has 0 saturated carbocycles. The van der Waals surface area contributed by atoms with Crippen molar-refractivity contribution in [3.63, 3.8) is 0 Å². The molecule has 4 atom stereocenters. The average molecular weight is 164 g/mol. The van der Waals surface area contributed by atoms with Crippen LogP contribution in [0.25, 0.3) is 0 Å². The molecule has 1 rings (SSSR count). The molecule has 1 saturated heterocycles. The molecule has 0 bridgehead atoms. The van der Waals surface area contributed by atoms with Gasteiger partial charge in [0.2, 0.25) is 0 Å². The number of aliphatic hydroxyl groups excluding tert-OH is 3. The first-order chi connectivity index (χ1) is 5.16. The Kier molecular flexibility index (Phi) is 2.80. The number of hydrogen-bond donors (Lipinski definition) is 3. The monoisotopic (exact) mass is 164 g/mol. The Balaban J connectivity index is 2.45. The van der Waals surface area contributed by atoms with Crippen molar-refractivity contribution in [3.8, 4) is 0 Å². The second-order valence-electron chi connectivity index (χ2n) is 2.50. The van der Waals surface area contributed by atoms with Crippen LogP contribution < -0.4 is 0 Å². The second-order valence-corrected chi connectivity index (χ2v) is 2.50. The van der Waals surface area contributed by atoms with Crippen LogP contribution in [-0.4, -0.2) is 53.6 Å². The van der Waals surface area contributed by atoms with Gasteiger partial charge >= 0.3 is 0 Å². The Morgan fingerprint density at radius 3 is 2.27 bits per heavy atom. The third-order valence-electron chi connectivity index (χ3n) is 1.67. The molecule has 11 heavy (non-hydrogen) atoms. The fourth-order valence-corrected chi connectivity index (χ4v) is 1.03. The molecule has 1 aliphatic rings. The summed E-state index contributed by atoms with van der Waals surface area (Å²) in [5.41, 5.74) is 0. The van der Waals surface area contributed by atoms with Crippen LogP contribution in [0.3, 0.4) is 0 Å². The lowest BCUT2D eigenvalue weighted by Gasteiger charge is -2.11. The predicted octanol–water partition coefficient (Wildman–Crippen LogP) is -1.93. The predicted molar refractivity (Wildman–Crippen MR) is 34.8 cm³/mol. The third kappa shape index (κ3) is 1.69. The van der Waals surface area contributed by atoms with E-state index in [1.165, 1.54) is 7.11 Å². The van der Waals surface area contributed by atoms with Gasteiger partial charge in [-0.1, -0.05) is 0 Å². The SMILES string of the molecule is COC[C@H]1O[C@H](O)[C@H](O)[C@@H]1O. The molecule has 0 amide bonds. The summed E-state index contributed by atoms with van der Waals surface area (Å²) < 4.78 is 9.44. The molecule has 0 spiro atoms. The van der Waals surface area contributed by atoms with Gasteiger partial charge in [0.25, 0.3) is 0 Å². The van der Waals surface area contributed by atoms with Gasteiger partial charge in [0.1, 0.15) is 18.3 Å². The van der Waals surface area contributed by atoms with Gasteiger partial charge in [-0.15, -0.1) is 0 Å². The Bertz CT molecular complexity index is 128. The maximum Gasteiger partial charge on any atom is 0.184 e. The molecule has 1 aliphatic heterocycles. The van der Waals surface area contributed by atoms with Crippen LogP contribution >= 0.6 is 0 Å². The van der Waals surface area contributed by atoms with Crippen molar-refractivity contribution in [1.82, 2.24) is 0 Å². The normalized spacial score (nSPS) is 44.7. The summed E-state index contributed by atoms with van der Waals surface area (Å²) in [6, 6.07) is 0. The van der Waals surface area contributed by atoms with E-state index in [4.69, 9.17) is 20.1 Å². The van der Waals surface area contributed by atoms with E-state index in [0.717, 1.165) is 0 Å². The molecule has 0 aromatic heterocycles. The number of hydrogen-bond acceptors (Lipinski definition) is 5. The van der Waals surface area contributed by atoms with Crippen molar-refractivity contribution >= 4 is 0 Å². The third-order valence-corrected chi connectivity index (χ3v) is 1.67. The van der Waals surface area contributed by atoms with Crippen LogP contribution in [0.4, 0.5) is 0 Å². The summed E-state index contributed by atoms with van der Waals surface area (Å²) in [5, 5.41) is 27.0. The smallest absolute Gasteiger partial charge is 0.184 e. The lowest BCUT2D eigenvalue weighted by atomic mass is 10.1. The summed E-state index contributed by atoms with van der Waals surface area (Å²) in [5.74, 6) is 0. The van der Waals surface area contributed by atoms with Crippen LogP contribution in [0.15, 0.2) is 0 Å². The van der Waals surface area contributed by atoms with Crippen molar-refractivity contribution in [2.75, 3.05) is 13.7 Å². The fourth-order valence-electron chi connectivity index (χ4n) is 1.03. The van der Waals surface area contributed by atoms with Crippen molar-refractivity contribution in [2.45, 2.75) is 24.6 Å². The Morgan fingerprint density at radius 1 is 1.27 bits per heavy atom. The van der Waals surface area contributed by atoms with Gasteiger partial charge < -0.3 is 24.8 Å². The molecule has 5 nitrogen and oxygen atoms in total.